The predicted molar refractivity (Wildman–Crippen MR) is 52.6 cm³/mol. The van der Waals surface area contributed by atoms with Gasteiger partial charge in [-0.3, -0.25) is 9.69 Å². The Morgan fingerprint density at radius 3 is 2.57 bits per heavy atom. The molecule has 0 amide bonds. The minimum absolute atomic E-state index is 0.439. The number of rotatable bonds is 3. The van der Waals surface area contributed by atoms with Gasteiger partial charge in [0.2, 0.25) is 0 Å². The Kier molecular flexibility index (Phi) is 2.83. The van der Waals surface area contributed by atoms with Crippen molar-refractivity contribution < 1.29 is 4.79 Å². The third-order valence-electron chi connectivity index (χ3n) is 3.40. The monoisotopic (exact) mass is 192 g/mol. The summed E-state index contributed by atoms with van der Waals surface area (Å²) in [5, 5.41) is 8.46. The molecule has 2 rings (SSSR count). The van der Waals surface area contributed by atoms with Crippen molar-refractivity contribution in [1.82, 2.24) is 4.90 Å². The predicted octanol–water partition coefficient (Wildman–Crippen LogP) is 1.49. The van der Waals surface area contributed by atoms with Crippen LogP contribution in [0.5, 0.6) is 0 Å². The van der Waals surface area contributed by atoms with E-state index in [1.807, 2.05) is 0 Å². The molecular formula is C11H16N2O. The van der Waals surface area contributed by atoms with Crippen LogP contribution in [0.2, 0.25) is 0 Å². The summed E-state index contributed by atoms with van der Waals surface area (Å²) in [6.45, 7) is 1.01. The molecule has 2 atom stereocenters. The van der Waals surface area contributed by atoms with Crippen molar-refractivity contribution in [3.8, 4) is 6.07 Å². The second-order valence-corrected chi connectivity index (χ2v) is 4.33. The van der Waals surface area contributed by atoms with Crippen molar-refractivity contribution in [2.45, 2.75) is 50.6 Å². The molecule has 2 fully saturated rings. The summed E-state index contributed by atoms with van der Waals surface area (Å²) < 4.78 is 0. The smallest absolute Gasteiger partial charge is 0.136 e. The lowest BCUT2D eigenvalue weighted by Gasteiger charge is -2.33. The van der Waals surface area contributed by atoms with Crippen molar-refractivity contribution in [2.24, 2.45) is 0 Å². The molecule has 0 aliphatic carbocycles. The second kappa shape index (κ2) is 4.10. The van der Waals surface area contributed by atoms with Gasteiger partial charge in [-0.15, -0.1) is 0 Å². The van der Waals surface area contributed by atoms with E-state index in [-0.39, 0.29) is 0 Å². The standard InChI is InChI=1S/C11H16N2O/c12-5-1-2-6-13-9-3-4-10(13)8-11(14)7-9/h9-10H,1-4,6-8H2. The Balaban J connectivity index is 1.88. The van der Waals surface area contributed by atoms with Crippen molar-refractivity contribution in [2.75, 3.05) is 6.54 Å². The summed E-state index contributed by atoms with van der Waals surface area (Å²) in [4.78, 5) is 13.8. The molecule has 0 aromatic rings. The maximum absolute atomic E-state index is 11.3. The largest absolute Gasteiger partial charge is 0.300 e. The number of nitrogens with zero attached hydrogens (tertiary/aromatic N) is 2. The number of carbonyl (C=O) groups is 1. The van der Waals surface area contributed by atoms with Gasteiger partial charge in [-0.25, -0.2) is 0 Å². The third kappa shape index (κ3) is 1.80. The van der Waals surface area contributed by atoms with Crippen molar-refractivity contribution >= 4 is 5.78 Å². The first kappa shape index (κ1) is 9.67. The highest BCUT2D eigenvalue weighted by atomic mass is 16.1. The van der Waals surface area contributed by atoms with E-state index in [0.29, 0.717) is 24.3 Å². The Labute approximate surface area is 84.7 Å². The molecule has 14 heavy (non-hydrogen) atoms. The number of carbonyl (C=O) groups excluding carboxylic acids is 1. The van der Waals surface area contributed by atoms with Gasteiger partial charge in [-0.2, -0.15) is 5.26 Å². The highest BCUT2D eigenvalue weighted by Crippen LogP contribution is 2.33. The number of unbranched alkanes of at least 4 members (excludes halogenated alkanes) is 1. The molecule has 2 aliphatic heterocycles. The zero-order valence-corrected chi connectivity index (χ0v) is 8.41. The molecule has 3 heteroatoms. The fraction of sp³-hybridized carbons (Fsp3) is 0.818. The first-order chi connectivity index (χ1) is 6.81. The van der Waals surface area contributed by atoms with Crippen LogP contribution in [-0.4, -0.2) is 29.3 Å². The summed E-state index contributed by atoms with van der Waals surface area (Å²) >= 11 is 0. The third-order valence-corrected chi connectivity index (χ3v) is 3.40. The molecular weight excluding hydrogens is 176 g/mol. The average Bonchev–Trinajstić information content (AvgIpc) is 2.42. The van der Waals surface area contributed by atoms with Crippen LogP contribution in [0, 0.1) is 11.3 Å². The molecule has 0 aromatic carbocycles. The molecule has 0 N–H and O–H groups in total. The SMILES string of the molecule is N#CCCCN1C2CCC1CC(=O)C2. The first-order valence-corrected chi connectivity index (χ1v) is 5.45. The summed E-state index contributed by atoms with van der Waals surface area (Å²) in [6.07, 6.45) is 5.47. The molecule has 2 saturated heterocycles. The fourth-order valence-corrected chi connectivity index (χ4v) is 2.77. The molecule has 0 radical (unpaired) electrons. The topological polar surface area (TPSA) is 44.1 Å². The van der Waals surface area contributed by atoms with E-state index in [1.165, 1.54) is 12.8 Å². The zero-order valence-electron chi connectivity index (χ0n) is 8.41. The number of fused-ring (bicyclic) bond motifs is 2. The first-order valence-electron chi connectivity index (χ1n) is 5.45. The Morgan fingerprint density at radius 1 is 1.36 bits per heavy atom. The molecule has 2 aliphatic rings. The summed E-state index contributed by atoms with van der Waals surface area (Å²) in [5.41, 5.74) is 0. The van der Waals surface area contributed by atoms with Gasteiger partial charge < -0.3 is 0 Å². The Morgan fingerprint density at radius 2 is 2.00 bits per heavy atom. The van der Waals surface area contributed by atoms with E-state index in [9.17, 15) is 4.79 Å². The number of ketones is 1. The molecule has 2 bridgehead atoms. The normalized spacial score (nSPS) is 31.8. The maximum Gasteiger partial charge on any atom is 0.136 e. The lowest BCUT2D eigenvalue weighted by Crippen LogP contribution is -2.43. The van der Waals surface area contributed by atoms with E-state index >= 15 is 0 Å². The summed E-state index contributed by atoms with van der Waals surface area (Å²) in [6, 6.07) is 3.17. The van der Waals surface area contributed by atoms with Crippen LogP contribution in [0.25, 0.3) is 0 Å². The van der Waals surface area contributed by atoms with Crippen molar-refractivity contribution in [3.63, 3.8) is 0 Å². The van der Waals surface area contributed by atoms with Crippen LogP contribution >= 0.6 is 0 Å². The molecule has 3 nitrogen and oxygen atoms in total. The minimum Gasteiger partial charge on any atom is -0.300 e. The average molecular weight is 192 g/mol. The van der Waals surface area contributed by atoms with Gasteiger partial charge in [0.1, 0.15) is 5.78 Å². The van der Waals surface area contributed by atoms with Crippen LogP contribution in [0.15, 0.2) is 0 Å². The van der Waals surface area contributed by atoms with Crippen LogP contribution < -0.4 is 0 Å². The van der Waals surface area contributed by atoms with Gasteiger partial charge in [-0.1, -0.05) is 0 Å². The van der Waals surface area contributed by atoms with Gasteiger partial charge in [0.05, 0.1) is 6.07 Å². The van der Waals surface area contributed by atoms with Gasteiger partial charge in [-0.05, 0) is 25.8 Å². The highest BCUT2D eigenvalue weighted by molar-refractivity contribution is 5.80. The van der Waals surface area contributed by atoms with Gasteiger partial charge >= 0.3 is 0 Å². The second-order valence-electron chi connectivity index (χ2n) is 4.33. The van der Waals surface area contributed by atoms with Crippen LogP contribution in [-0.2, 0) is 4.79 Å². The minimum atomic E-state index is 0.439. The maximum atomic E-state index is 11.3. The summed E-state index contributed by atoms with van der Waals surface area (Å²) in [5.74, 6) is 0.439. The quantitative estimate of drug-likeness (QED) is 0.636. The number of Topliss-reactive ketones (excluding diaryl/α,β-unsaturated/α-hetero) is 1. The van der Waals surface area contributed by atoms with E-state index < -0.39 is 0 Å². The highest BCUT2D eigenvalue weighted by Gasteiger charge is 2.39. The lowest BCUT2D eigenvalue weighted by atomic mass is 10.0. The van der Waals surface area contributed by atoms with Crippen molar-refractivity contribution in [1.29, 1.82) is 5.26 Å². The van der Waals surface area contributed by atoms with Crippen LogP contribution in [0.3, 0.4) is 0 Å². The van der Waals surface area contributed by atoms with E-state index in [2.05, 4.69) is 11.0 Å². The molecule has 2 heterocycles. The van der Waals surface area contributed by atoms with Gasteiger partial charge in [0.15, 0.2) is 0 Å². The fourth-order valence-electron chi connectivity index (χ4n) is 2.77. The van der Waals surface area contributed by atoms with E-state index in [0.717, 1.165) is 25.8 Å². The molecule has 0 saturated carbocycles. The van der Waals surface area contributed by atoms with E-state index in [4.69, 9.17) is 5.26 Å². The molecule has 0 spiro atoms. The number of piperidine rings is 1. The van der Waals surface area contributed by atoms with Crippen molar-refractivity contribution in [3.05, 3.63) is 0 Å². The molecule has 2 unspecified atom stereocenters. The van der Waals surface area contributed by atoms with Gasteiger partial charge in [0, 0.05) is 31.3 Å². The Hall–Kier alpha value is -0.880. The number of hydrogen-bond donors (Lipinski definition) is 0. The van der Waals surface area contributed by atoms with Crippen LogP contribution in [0.4, 0.5) is 0 Å². The number of nitriles is 1. The zero-order chi connectivity index (χ0) is 9.97. The van der Waals surface area contributed by atoms with Gasteiger partial charge in [0.25, 0.3) is 0 Å². The molecule has 0 aromatic heterocycles. The number of hydrogen-bond acceptors (Lipinski definition) is 3. The van der Waals surface area contributed by atoms with Crippen LogP contribution in [0.1, 0.15) is 38.5 Å². The summed E-state index contributed by atoms with van der Waals surface area (Å²) in [7, 11) is 0. The lowest BCUT2D eigenvalue weighted by molar-refractivity contribution is -0.123. The Bertz CT molecular complexity index is 253. The molecule has 76 valence electrons. The van der Waals surface area contributed by atoms with E-state index in [1.54, 1.807) is 0 Å².